The number of hydrogen-bond donors (Lipinski definition) is 1. The van der Waals surface area contributed by atoms with Crippen LogP contribution in [0.2, 0.25) is 0 Å². The molecule has 1 aliphatic carbocycles. The minimum Gasteiger partial charge on any atom is -0.469 e. The molecule has 1 saturated carbocycles. The largest absolute Gasteiger partial charge is 0.469 e. The van der Waals surface area contributed by atoms with E-state index in [-0.39, 0.29) is 5.41 Å². The lowest BCUT2D eigenvalue weighted by molar-refractivity contribution is -0.115. The van der Waals surface area contributed by atoms with Gasteiger partial charge in [-0.2, -0.15) is 0 Å². The molecule has 106 valence electrons. The number of aryl methyl sites for hydroxylation is 1. The van der Waals surface area contributed by atoms with Crippen molar-refractivity contribution in [3.05, 3.63) is 24.2 Å². The zero-order valence-electron chi connectivity index (χ0n) is 12.2. The molecule has 2 heterocycles. The van der Waals surface area contributed by atoms with E-state index in [1.54, 1.807) is 6.26 Å². The Balaban J connectivity index is 1.51. The summed E-state index contributed by atoms with van der Waals surface area (Å²) in [6.45, 7) is 7.88. The molecule has 0 radical (unpaired) electrons. The molecule has 1 saturated heterocycles. The molecule has 1 aromatic heterocycles. The predicted molar refractivity (Wildman–Crippen MR) is 75.0 cm³/mol. The Bertz CT molecular complexity index is 412. The van der Waals surface area contributed by atoms with Gasteiger partial charge in [0.2, 0.25) is 0 Å². The summed E-state index contributed by atoms with van der Waals surface area (Å²) in [5.41, 5.74) is 0.278. The maximum atomic E-state index is 5.84. The molecule has 1 N–H and O–H groups in total. The summed E-state index contributed by atoms with van der Waals surface area (Å²) in [6.07, 6.45) is 5.58. The van der Waals surface area contributed by atoms with Gasteiger partial charge in [0.05, 0.1) is 12.4 Å². The number of ether oxygens (including phenoxy) is 1. The van der Waals surface area contributed by atoms with Crippen LogP contribution in [-0.4, -0.2) is 24.8 Å². The summed E-state index contributed by atoms with van der Waals surface area (Å²) < 4.78 is 11.2. The first-order valence-electron chi connectivity index (χ1n) is 7.49. The first kappa shape index (κ1) is 13.2. The summed E-state index contributed by atoms with van der Waals surface area (Å²) in [5.74, 6) is 1.81. The molecule has 0 aromatic carbocycles. The van der Waals surface area contributed by atoms with Gasteiger partial charge in [-0.15, -0.1) is 0 Å². The first-order chi connectivity index (χ1) is 9.09. The van der Waals surface area contributed by atoms with Gasteiger partial charge in [-0.05, 0) is 31.9 Å². The van der Waals surface area contributed by atoms with Crippen molar-refractivity contribution in [2.45, 2.75) is 58.2 Å². The van der Waals surface area contributed by atoms with E-state index < -0.39 is 0 Å². The van der Waals surface area contributed by atoms with E-state index in [0.717, 1.165) is 31.1 Å². The Morgan fingerprint density at radius 1 is 1.47 bits per heavy atom. The number of rotatable bonds is 5. The second-order valence-corrected chi connectivity index (χ2v) is 6.73. The molecule has 3 nitrogen and oxygen atoms in total. The highest BCUT2D eigenvalue weighted by Crippen LogP contribution is 2.52. The Hall–Kier alpha value is -0.800. The van der Waals surface area contributed by atoms with Gasteiger partial charge in [-0.3, -0.25) is 0 Å². The molecule has 3 rings (SSSR count). The zero-order valence-corrected chi connectivity index (χ0v) is 12.2. The molecule has 0 bridgehead atoms. The minimum atomic E-state index is 0.278. The van der Waals surface area contributed by atoms with Crippen LogP contribution in [0.1, 0.15) is 39.4 Å². The summed E-state index contributed by atoms with van der Waals surface area (Å²) in [5, 5.41) is 3.82. The highest BCUT2D eigenvalue weighted by molar-refractivity contribution is 5.11. The van der Waals surface area contributed by atoms with Gasteiger partial charge in [0.15, 0.2) is 0 Å². The van der Waals surface area contributed by atoms with Gasteiger partial charge in [0.25, 0.3) is 0 Å². The maximum absolute atomic E-state index is 5.84. The Labute approximate surface area is 115 Å². The van der Waals surface area contributed by atoms with E-state index in [4.69, 9.17) is 9.15 Å². The Kier molecular flexibility index (Phi) is 3.44. The zero-order chi connectivity index (χ0) is 13.5. The number of nitrogens with one attached hydrogen (secondary N) is 1. The van der Waals surface area contributed by atoms with Crippen LogP contribution in [-0.2, 0) is 11.2 Å². The monoisotopic (exact) mass is 263 g/mol. The van der Waals surface area contributed by atoms with E-state index in [2.05, 4.69) is 32.2 Å². The van der Waals surface area contributed by atoms with Crippen LogP contribution in [0.4, 0.5) is 0 Å². The van der Waals surface area contributed by atoms with Crippen LogP contribution in [0.5, 0.6) is 0 Å². The fraction of sp³-hybridized carbons (Fsp3) is 0.750. The summed E-state index contributed by atoms with van der Waals surface area (Å²) in [7, 11) is 0. The van der Waals surface area contributed by atoms with Crippen molar-refractivity contribution in [2.24, 2.45) is 11.3 Å². The molecule has 0 spiro atoms. The van der Waals surface area contributed by atoms with Crippen molar-refractivity contribution in [1.82, 2.24) is 5.32 Å². The van der Waals surface area contributed by atoms with Crippen LogP contribution in [0.3, 0.4) is 0 Å². The van der Waals surface area contributed by atoms with Gasteiger partial charge in [0.1, 0.15) is 5.76 Å². The molecule has 4 unspecified atom stereocenters. The third kappa shape index (κ3) is 2.34. The van der Waals surface area contributed by atoms with E-state index in [1.165, 1.54) is 6.42 Å². The molecule has 19 heavy (non-hydrogen) atoms. The lowest BCUT2D eigenvalue weighted by atomic mass is 9.57. The molecule has 1 aromatic rings. The van der Waals surface area contributed by atoms with E-state index in [1.807, 2.05) is 6.07 Å². The van der Waals surface area contributed by atoms with Crippen LogP contribution >= 0.6 is 0 Å². The van der Waals surface area contributed by atoms with Crippen molar-refractivity contribution in [3.8, 4) is 0 Å². The molecule has 0 amide bonds. The first-order valence-corrected chi connectivity index (χ1v) is 7.49. The molecule has 2 fully saturated rings. The van der Waals surface area contributed by atoms with Crippen LogP contribution in [0.25, 0.3) is 0 Å². The third-order valence-electron chi connectivity index (χ3n) is 4.97. The number of fused-ring (bicyclic) bond motifs is 1. The average Bonchev–Trinajstić information content (AvgIpc) is 3.03. The molecular formula is C16H25NO2. The van der Waals surface area contributed by atoms with Crippen molar-refractivity contribution >= 4 is 0 Å². The average molecular weight is 263 g/mol. The number of furan rings is 1. The smallest absolute Gasteiger partial charge is 0.103 e. The normalized spacial score (nSPS) is 33.7. The molecular weight excluding hydrogens is 238 g/mol. The van der Waals surface area contributed by atoms with Gasteiger partial charge in [-0.25, -0.2) is 0 Å². The van der Waals surface area contributed by atoms with Crippen molar-refractivity contribution in [1.29, 1.82) is 0 Å². The lowest BCUT2D eigenvalue weighted by Crippen LogP contribution is -2.67. The SMILES string of the molecule is CC(CCc1ccco1)NC1C2CCOC2C1(C)C. The van der Waals surface area contributed by atoms with E-state index in [0.29, 0.717) is 18.2 Å². The fourth-order valence-electron chi connectivity index (χ4n) is 3.87. The quantitative estimate of drug-likeness (QED) is 0.887. The van der Waals surface area contributed by atoms with Gasteiger partial charge < -0.3 is 14.5 Å². The van der Waals surface area contributed by atoms with Gasteiger partial charge >= 0.3 is 0 Å². The van der Waals surface area contributed by atoms with Gasteiger partial charge in [-0.1, -0.05) is 13.8 Å². The van der Waals surface area contributed by atoms with E-state index in [9.17, 15) is 0 Å². The number of hydrogen-bond acceptors (Lipinski definition) is 3. The molecule has 4 atom stereocenters. The van der Waals surface area contributed by atoms with Crippen molar-refractivity contribution in [3.63, 3.8) is 0 Å². The third-order valence-corrected chi connectivity index (χ3v) is 4.97. The molecule has 1 aliphatic heterocycles. The standard InChI is InChI=1S/C16H25NO2/c1-11(6-7-12-5-4-9-18-12)17-14-13-8-10-19-15(13)16(14,2)3/h4-5,9,11,13-15,17H,6-8,10H2,1-3H3. The van der Waals surface area contributed by atoms with Crippen molar-refractivity contribution in [2.75, 3.05) is 6.61 Å². The Morgan fingerprint density at radius 3 is 3.05 bits per heavy atom. The second-order valence-electron chi connectivity index (χ2n) is 6.73. The lowest BCUT2D eigenvalue weighted by Gasteiger charge is -2.55. The second kappa shape index (κ2) is 4.95. The predicted octanol–water partition coefficient (Wildman–Crippen LogP) is 3.00. The summed E-state index contributed by atoms with van der Waals surface area (Å²) in [4.78, 5) is 0. The topological polar surface area (TPSA) is 34.4 Å². The minimum absolute atomic E-state index is 0.278. The van der Waals surface area contributed by atoms with Crippen molar-refractivity contribution < 1.29 is 9.15 Å². The summed E-state index contributed by atoms with van der Waals surface area (Å²) >= 11 is 0. The van der Waals surface area contributed by atoms with Crippen LogP contribution in [0.15, 0.2) is 22.8 Å². The Morgan fingerprint density at radius 2 is 2.32 bits per heavy atom. The maximum Gasteiger partial charge on any atom is 0.103 e. The summed E-state index contributed by atoms with van der Waals surface area (Å²) in [6, 6.07) is 5.14. The fourth-order valence-corrected chi connectivity index (χ4v) is 3.87. The highest BCUT2D eigenvalue weighted by atomic mass is 16.5. The van der Waals surface area contributed by atoms with Gasteiger partial charge in [0, 0.05) is 36.4 Å². The van der Waals surface area contributed by atoms with Crippen LogP contribution < -0.4 is 5.32 Å². The van der Waals surface area contributed by atoms with Crippen LogP contribution in [0, 0.1) is 11.3 Å². The molecule has 2 aliphatic rings. The van der Waals surface area contributed by atoms with E-state index >= 15 is 0 Å². The molecule has 3 heteroatoms. The highest BCUT2D eigenvalue weighted by Gasteiger charge is 2.59.